The second kappa shape index (κ2) is 10.1. The van der Waals surface area contributed by atoms with Crippen molar-refractivity contribution in [1.82, 2.24) is 5.01 Å². The molecule has 2 atom stereocenters. The highest BCUT2D eigenvalue weighted by Crippen LogP contribution is 2.35. The van der Waals surface area contributed by atoms with Crippen LogP contribution in [-0.4, -0.2) is 42.7 Å². The normalized spacial score (nSPS) is 20.4. The lowest BCUT2D eigenvalue weighted by atomic mass is 9.77. The highest BCUT2D eigenvalue weighted by Gasteiger charge is 2.29. The molecule has 1 saturated heterocycles. The van der Waals surface area contributed by atoms with Gasteiger partial charge in [0.05, 0.1) is 19.2 Å². The van der Waals surface area contributed by atoms with Crippen LogP contribution in [0.4, 0.5) is 0 Å². The number of ether oxygens (including phenoxy) is 1. The maximum Gasteiger partial charge on any atom is 0.306 e. The number of ketones is 1. The van der Waals surface area contributed by atoms with E-state index in [1.807, 2.05) is 48.7 Å². The van der Waals surface area contributed by atoms with Crippen LogP contribution in [0, 0.1) is 5.92 Å². The Balaban J connectivity index is 1.46. The Hall–Kier alpha value is -2.99. The third-order valence-corrected chi connectivity index (χ3v) is 6.42. The first-order valence-corrected chi connectivity index (χ1v) is 11.5. The lowest BCUT2D eigenvalue weighted by molar-refractivity contribution is -0.144. The Labute approximate surface area is 189 Å². The molecule has 0 spiro atoms. The first kappa shape index (κ1) is 22.2. The number of aryl methyl sites for hydroxylation is 1. The standard InChI is InChI=1S/C26H31N3O3/c1-2-32-24(30)16-21-11-9-19-10-12-22(15-23(19)25(21)27)26(31)20-7-5-18(6-8-20)17-28-29-13-3-4-14-29/h5-8,10,12,15,17,21,25H,2-4,9,11,13-14,16,27H2,1H3. The van der Waals surface area contributed by atoms with Crippen LogP contribution in [-0.2, 0) is 16.0 Å². The van der Waals surface area contributed by atoms with Crippen LogP contribution in [0.2, 0.25) is 0 Å². The molecule has 0 aromatic heterocycles. The monoisotopic (exact) mass is 433 g/mol. The van der Waals surface area contributed by atoms with Crippen molar-refractivity contribution < 1.29 is 14.3 Å². The van der Waals surface area contributed by atoms with Crippen molar-refractivity contribution in [2.24, 2.45) is 16.8 Å². The van der Waals surface area contributed by atoms with Gasteiger partial charge in [-0.3, -0.25) is 14.6 Å². The first-order chi connectivity index (χ1) is 15.5. The molecule has 1 aliphatic carbocycles. The van der Waals surface area contributed by atoms with E-state index in [1.54, 1.807) is 6.92 Å². The van der Waals surface area contributed by atoms with Crippen molar-refractivity contribution in [3.05, 3.63) is 70.3 Å². The summed E-state index contributed by atoms with van der Waals surface area (Å²) >= 11 is 0. The molecule has 2 N–H and O–H groups in total. The predicted molar refractivity (Wildman–Crippen MR) is 125 cm³/mol. The van der Waals surface area contributed by atoms with Gasteiger partial charge in [0.1, 0.15) is 0 Å². The molecule has 168 valence electrons. The van der Waals surface area contributed by atoms with Crippen LogP contribution in [0.5, 0.6) is 0 Å². The quantitative estimate of drug-likeness (QED) is 0.407. The summed E-state index contributed by atoms with van der Waals surface area (Å²) in [6, 6.07) is 13.0. The Kier molecular flexibility index (Phi) is 7.00. The van der Waals surface area contributed by atoms with Crippen molar-refractivity contribution in [3.63, 3.8) is 0 Å². The summed E-state index contributed by atoms with van der Waals surface area (Å²) < 4.78 is 5.10. The van der Waals surface area contributed by atoms with E-state index >= 15 is 0 Å². The average Bonchev–Trinajstić information content (AvgIpc) is 3.33. The molecule has 6 nitrogen and oxygen atoms in total. The summed E-state index contributed by atoms with van der Waals surface area (Å²) in [4.78, 5) is 25.0. The minimum Gasteiger partial charge on any atom is -0.466 e. The van der Waals surface area contributed by atoms with Gasteiger partial charge in [0, 0.05) is 30.3 Å². The van der Waals surface area contributed by atoms with Crippen LogP contribution >= 0.6 is 0 Å². The van der Waals surface area contributed by atoms with Crippen molar-refractivity contribution in [2.75, 3.05) is 19.7 Å². The van der Waals surface area contributed by atoms with Gasteiger partial charge in [-0.2, -0.15) is 5.10 Å². The molecule has 2 aliphatic rings. The summed E-state index contributed by atoms with van der Waals surface area (Å²) in [7, 11) is 0. The van der Waals surface area contributed by atoms with Crippen molar-refractivity contribution in [1.29, 1.82) is 0 Å². The lowest BCUT2D eigenvalue weighted by Gasteiger charge is -2.30. The van der Waals surface area contributed by atoms with Crippen LogP contribution in [0.15, 0.2) is 47.6 Å². The third-order valence-electron chi connectivity index (χ3n) is 6.42. The molecule has 0 radical (unpaired) electrons. The first-order valence-electron chi connectivity index (χ1n) is 11.5. The summed E-state index contributed by atoms with van der Waals surface area (Å²) in [5.41, 5.74) is 10.9. The number of carbonyl (C=O) groups excluding carboxylic acids is 2. The number of hydrazone groups is 1. The van der Waals surface area contributed by atoms with Crippen LogP contribution in [0.3, 0.4) is 0 Å². The van der Waals surface area contributed by atoms with Gasteiger partial charge in [-0.25, -0.2) is 0 Å². The van der Waals surface area contributed by atoms with E-state index in [9.17, 15) is 9.59 Å². The fourth-order valence-corrected chi connectivity index (χ4v) is 4.56. The van der Waals surface area contributed by atoms with Gasteiger partial charge in [-0.15, -0.1) is 0 Å². The van der Waals surface area contributed by atoms with E-state index in [0.29, 0.717) is 24.2 Å². The molecule has 32 heavy (non-hydrogen) atoms. The molecule has 2 aromatic rings. The predicted octanol–water partition coefficient (Wildman–Crippen LogP) is 3.86. The van der Waals surface area contributed by atoms with Gasteiger partial charge < -0.3 is 10.5 Å². The molecule has 4 rings (SSSR count). The van der Waals surface area contributed by atoms with E-state index in [0.717, 1.165) is 42.6 Å². The fourth-order valence-electron chi connectivity index (χ4n) is 4.56. The number of fused-ring (bicyclic) bond motifs is 1. The summed E-state index contributed by atoms with van der Waals surface area (Å²) in [6.45, 7) is 4.19. The molecule has 0 amide bonds. The summed E-state index contributed by atoms with van der Waals surface area (Å²) in [5, 5.41) is 6.57. The molecule has 0 saturated carbocycles. The number of hydrogen-bond acceptors (Lipinski definition) is 6. The number of hydrogen-bond donors (Lipinski definition) is 1. The van der Waals surface area contributed by atoms with E-state index in [-0.39, 0.29) is 23.7 Å². The number of benzene rings is 2. The summed E-state index contributed by atoms with van der Waals surface area (Å²) in [6.07, 6.45) is 6.25. The number of rotatable bonds is 7. The zero-order chi connectivity index (χ0) is 22.5. The molecular formula is C26H31N3O3. The number of nitrogens with zero attached hydrogens (tertiary/aromatic N) is 2. The smallest absolute Gasteiger partial charge is 0.306 e. The minimum absolute atomic E-state index is 0.0288. The maximum absolute atomic E-state index is 13.1. The van der Waals surface area contributed by atoms with Gasteiger partial charge in [0.25, 0.3) is 0 Å². The van der Waals surface area contributed by atoms with Gasteiger partial charge in [-0.1, -0.05) is 36.4 Å². The fraction of sp³-hybridized carbons (Fsp3) is 0.423. The van der Waals surface area contributed by atoms with Gasteiger partial charge in [-0.05, 0) is 61.3 Å². The van der Waals surface area contributed by atoms with Gasteiger partial charge in [0.15, 0.2) is 5.78 Å². The second-order valence-corrected chi connectivity index (χ2v) is 8.60. The van der Waals surface area contributed by atoms with Gasteiger partial charge in [0.2, 0.25) is 0 Å². The topological polar surface area (TPSA) is 85.0 Å². The third kappa shape index (κ3) is 5.07. The van der Waals surface area contributed by atoms with E-state index in [4.69, 9.17) is 10.5 Å². The van der Waals surface area contributed by atoms with Gasteiger partial charge >= 0.3 is 5.97 Å². The zero-order valence-electron chi connectivity index (χ0n) is 18.6. The van der Waals surface area contributed by atoms with Crippen molar-refractivity contribution in [2.45, 2.75) is 45.1 Å². The van der Waals surface area contributed by atoms with Crippen molar-refractivity contribution >= 4 is 18.0 Å². The zero-order valence-corrected chi connectivity index (χ0v) is 18.6. The highest BCUT2D eigenvalue weighted by atomic mass is 16.5. The lowest BCUT2D eigenvalue weighted by Crippen LogP contribution is -2.30. The Morgan fingerprint density at radius 1 is 1.12 bits per heavy atom. The van der Waals surface area contributed by atoms with Crippen LogP contribution in [0.25, 0.3) is 0 Å². The Morgan fingerprint density at radius 2 is 1.84 bits per heavy atom. The van der Waals surface area contributed by atoms with Crippen LogP contribution in [0.1, 0.15) is 71.3 Å². The van der Waals surface area contributed by atoms with E-state index < -0.39 is 0 Å². The molecule has 2 unspecified atom stereocenters. The average molecular weight is 434 g/mol. The SMILES string of the molecule is CCOC(=O)CC1CCc2ccc(C(=O)c3ccc(C=NN4CCCC4)cc3)cc2C1N. The molecule has 6 heteroatoms. The highest BCUT2D eigenvalue weighted by molar-refractivity contribution is 6.09. The maximum atomic E-state index is 13.1. The number of esters is 1. The Morgan fingerprint density at radius 3 is 2.56 bits per heavy atom. The minimum atomic E-state index is -0.278. The van der Waals surface area contributed by atoms with Crippen molar-refractivity contribution in [3.8, 4) is 0 Å². The largest absolute Gasteiger partial charge is 0.466 e. The van der Waals surface area contributed by atoms with Crippen LogP contribution < -0.4 is 5.73 Å². The second-order valence-electron chi connectivity index (χ2n) is 8.60. The number of nitrogens with two attached hydrogens (primary N) is 1. The molecule has 2 aromatic carbocycles. The molecule has 1 aliphatic heterocycles. The van der Waals surface area contributed by atoms with E-state index in [1.165, 1.54) is 12.8 Å². The Bertz CT molecular complexity index is 994. The molecule has 0 bridgehead atoms. The number of carbonyl (C=O) groups is 2. The molecular weight excluding hydrogens is 402 g/mol. The molecule has 1 fully saturated rings. The molecule has 1 heterocycles. The van der Waals surface area contributed by atoms with E-state index in [2.05, 4.69) is 10.1 Å². The summed E-state index contributed by atoms with van der Waals surface area (Å²) in [5.74, 6) is -0.214.